The van der Waals surface area contributed by atoms with Crippen molar-refractivity contribution in [2.75, 3.05) is 13.2 Å². The third-order valence-corrected chi connectivity index (χ3v) is 16.5. The number of fused-ring (bicyclic) bond motifs is 4. The van der Waals surface area contributed by atoms with Crippen LogP contribution in [0, 0.1) is 50.7 Å². The molecule has 8 fully saturated rings. The molecule has 13 nitrogen and oxygen atoms in total. The molecule has 8 rings (SSSR count). The van der Waals surface area contributed by atoms with Gasteiger partial charge in [0.05, 0.1) is 31.5 Å². The summed E-state index contributed by atoms with van der Waals surface area (Å²) >= 11 is 0. The van der Waals surface area contributed by atoms with Gasteiger partial charge in [0.15, 0.2) is 18.9 Å². The molecule has 3 saturated heterocycles. The van der Waals surface area contributed by atoms with Gasteiger partial charge in [0, 0.05) is 6.42 Å². The first-order valence-corrected chi connectivity index (χ1v) is 19.1. The molecule has 8 N–H and O–H groups in total. The van der Waals surface area contributed by atoms with Crippen LogP contribution >= 0.6 is 0 Å². The van der Waals surface area contributed by atoms with Crippen molar-refractivity contribution in [2.45, 2.75) is 166 Å². The molecule has 3 heterocycles. The number of hydrogen-bond donors (Lipinski definition) is 8. The van der Waals surface area contributed by atoms with E-state index in [1.807, 2.05) is 0 Å². The molecule has 0 bridgehead atoms. The Kier molecular flexibility index (Phi) is 8.74. The van der Waals surface area contributed by atoms with Crippen molar-refractivity contribution >= 4 is 0 Å². The first-order chi connectivity index (χ1) is 23.5. The molecule has 21 unspecified atom stereocenters. The molecule has 0 aromatic carbocycles. The fraction of sp³-hybridized carbons (Fsp3) is 1.00. The van der Waals surface area contributed by atoms with Crippen molar-refractivity contribution < 1.29 is 64.5 Å². The van der Waals surface area contributed by atoms with E-state index in [0.29, 0.717) is 12.8 Å². The third-order valence-electron chi connectivity index (χ3n) is 16.5. The van der Waals surface area contributed by atoms with Crippen molar-refractivity contribution in [3.8, 4) is 0 Å². The summed E-state index contributed by atoms with van der Waals surface area (Å²) in [5.41, 5.74) is -0.859. The van der Waals surface area contributed by atoms with E-state index in [-0.39, 0.29) is 64.1 Å². The maximum atomic E-state index is 11.2. The van der Waals surface area contributed by atoms with Crippen molar-refractivity contribution in [1.82, 2.24) is 0 Å². The summed E-state index contributed by atoms with van der Waals surface area (Å²) < 4.78 is 31.4. The van der Waals surface area contributed by atoms with Crippen molar-refractivity contribution in [2.24, 2.45) is 50.7 Å². The second-order valence-electron chi connectivity index (χ2n) is 18.8. The van der Waals surface area contributed by atoms with E-state index >= 15 is 0 Å². The summed E-state index contributed by atoms with van der Waals surface area (Å²) in [6.07, 6.45) is -6.88. The van der Waals surface area contributed by atoms with E-state index < -0.39 is 79.7 Å². The summed E-state index contributed by atoms with van der Waals surface area (Å²) in [5.74, 6) is 0.696. The van der Waals surface area contributed by atoms with Crippen LogP contribution in [0.3, 0.4) is 0 Å². The van der Waals surface area contributed by atoms with Crippen LogP contribution in [0.15, 0.2) is 0 Å². The molecule has 3 aliphatic heterocycles. The second kappa shape index (κ2) is 12.0. The lowest BCUT2D eigenvalue weighted by Crippen LogP contribution is -2.65. The number of hydrogen-bond acceptors (Lipinski definition) is 13. The fourth-order valence-corrected chi connectivity index (χ4v) is 14.0. The maximum Gasteiger partial charge on any atom is 0.186 e. The number of aliphatic hydroxyl groups is 8. The molecule has 5 saturated carbocycles. The number of rotatable bonds is 5. The first kappa shape index (κ1) is 36.5. The number of aliphatic hydroxyl groups excluding tert-OH is 8. The Morgan fingerprint density at radius 3 is 2.18 bits per heavy atom. The zero-order valence-corrected chi connectivity index (χ0v) is 30.0. The quantitative estimate of drug-likeness (QED) is 0.182. The summed E-state index contributed by atoms with van der Waals surface area (Å²) in [4.78, 5) is 0. The van der Waals surface area contributed by atoms with Gasteiger partial charge in [-0.05, 0) is 95.7 Å². The Balaban J connectivity index is 1.16. The highest BCUT2D eigenvalue weighted by Gasteiger charge is 2.85. The normalized spacial score (nSPS) is 61.3. The summed E-state index contributed by atoms with van der Waals surface area (Å²) in [5, 5.41) is 84.3. The third kappa shape index (κ3) is 4.78. The van der Waals surface area contributed by atoms with E-state index in [9.17, 15) is 40.9 Å². The summed E-state index contributed by atoms with van der Waals surface area (Å²) in [7, 11) is 0. The van der Waals surface area contributed by atoms with Crippen molar-refractivity contribution in [3.63, 3.8) is 0 Å². The lowest BCUT2D eigenvalue weighted by atomic mass is 9.41. The lowest BCUT2D eigenvalue weighted by Gasteiger charge is -2.65. The van der Waals surface area contributed by atoms with Crippen molar-refractivity contribution in [1.29, 1.82) is 0 Å². The molecule has 286 valence electrons. The van der Waals surface area contributed by atoms with E-state index in [2.05, 4.69) is 34.6 Å². The van der Waals surface area contributed by atoms with Gasteiger partial charge in [-0.1, -0.05) is 34.6 Å². The Morgan fingerprint density at radius 2 is 1.46 bits per heavy atom. The Labute approximate surface area is 294 Å². The number of ether oxygens (including phenoxy) is 5. The molecular formula is C37H60O13. The monoisotopic (exact) mass is 712 g/mol. The van der Waals surface area contributed by atoms with Crippen LogP contribution in [0.1, 0.15) is 86.0 Å². The van der Waals surface area contributed by atoms with Crippen LogP contribution in [0.4, 0.5) is 0 Å². The Morgan fingerprint density at radius 1 is 0.740 bits per heavy atom. The molecule has 5 aliphatic carbocycles. The van der Waals surface area contributed by atoms with Gasteiger partial charge in [-0.2, -0.15) is 0 Å². The van der Waals surface area contributed by atoms with Gasteiger partial charge in [-0.15, -0.1) is 0 Å². The second-order valence-corrected chi connectivity index (χ2v) is 18.8. The highest BCUT2D eigenvalue weighted by atomic mass is 16.7. The zero-order valence-electron chi connectivity index (χ0n) is 30.0. The molecule has 0 aromatic heterocycles. The van der Waals surface area contributed by atoms with Crippen LogP contribution in [0.25, 0.3) is 0 Å². The Bertz CT molecular complexity index is 1300. The van der Waals surface area contributed by atoms with Gasteiger partial charge in [-0.3, -0.25) is 0 Å². The van der Waals surface area contributed by atoms with Crippen LogP contribution < -0.4 is 0 Å². The summed E-state index contributed by atoms with van der Waals surface area (Å²) in [6.45, 7) is 10.7. The zero-order chi connectivity index (χ0) is 35.9. The minimum absolute atomic E-state index is 0.00209. The molecule has 0 amide bonds. The first-order valence-electron chi connectivity index (χ1n) is 19.1. The molecular weight excluding hydrogens is 652 g/mol. The van der Waals surface area contributed by atoms with Crippen LogP contribution in [-0.4, -0.2) is 134 Å². The van der Waals surface area contributed by atoms with Gasteiger partial charge in [0.2, 0.25) is 0 Å². The topological polar surface area (TPSA) is 208 Å². The molecule has 0 radical (unpaired) electrons. The van der Waals surface area contributed by atoms with Crippen molar-refractivity contribution in [3.05, 3.63) is 0 Å². The molecule has 50 heavy (non-hydrogen) atoms. The predicted molar refractivity (Wildman–Crippen MR) is 174 cm³/mol. The minimum Gasteiger partial charge on any atom is -0.394 e. The smallest absolute Gasteiger partial charge is 0.186 e. The van der Waals surface area contributed by atoms with E-state index in [4.69, 9.17) is 23.7 Å². The molecule has 0 aromatic rings. The van der Waals surface area contributed by atoms with Crippen LogP contribution in [0.2, 0.25) is 0 Å². The molecule has 8 aliphatic rings. The SMILES string of the molecule is CC1CC(O)OC2CC3(C)C4C(OC5OC(CO)C(O)C(O)C5O)CC5C(C)(C)C(OC6OCC(O)C(O)C6O)CCC56CC46CCC3(C)C12. The lowest BCUT2D eigenvalue weighted by molar-refractivity contribution is -0.335. The minimum atomic E-state index is -1.56. The largest absolute Gasteiger partial charge is 0.394 e. The van der Waals surface area contributed by atoms with E-state index in [1.165, 1.54) is 0 Å². The van der Waals surface area contributed by atoms with Gasteiger partial charge < -0.3 is 64.5 Å². The highest BCUT2D eigenvalue weighted by Crippen LogP contribution is 2.89. The predicted octanol–water partition coefficient (Wildman–Crippen LogP) is 0.398. The highest BCUT2D eigenvalue weighted by molar-refractivity contribution is 5.33. The maximum absolute atomic E-state index is 11.2. The van der Waals surface area contributed by atoms with Crippen LogP contribution in [-0.2, 0) is 23.7 Å². The fourth-order valence-electron chi connectivity index (χ4n) is 14.0. The van der Waals surface area contributed by atoms with Crippen LogP contribution in [0.5, 0.6) is 0 Å². The average Bonchev–Trinajstić information content (AvgIpc) is 3.64. The molecule has 21 atom stereocenters. The van der Waals surface area contributed by atoms with Gasteiger partial charge in [0.1, 0.15) is 42.7 Å². The molecule has 2 spiro atoms. The van der Waals surface area contributed by atoms with E-state index in [0.717, 1.165) is 38.5 Å². The average molecular weight is 713 g/mol. The van der Waals surface area contributed by atoms with Gasteiger partial charge in [0.25, 0.3) is 0 Å². The summed E-state index contributed by atoms with van der Waals surface area (Å²) in [6, 6.07) is 0. The Hall–Kier alpha value is -0.520. The van der Waals surface area contributed by atoms with E-state index in [1.54, 1.807) is 0 Å². The van der Waals surface area contributed by atoms with Gasteiger partial charge >= 0.3 is 0 Å². The van der Waals surface area contributed by atoms with Gasteiger partial charge in [-0.25, -0.2) is 0 Å². The standard InChI is InChI=1S/C37H60O13/c1-16-10-23(40)47-19-12-35(5)30-18(48-32-29(45)27(43)26(42)20(13-38)49-32)11-21-33(2,3)22(50-31-28(44)25(41)17(39)14-46-31)6-7-36(21)15-37(30,36)9-8-34(35,4)24(16)19/h16-32,38-45H,6-15H2,1-5H3. The molecule has 13 heteroatoms.